The van der Waals surface area contributed by atoms with Crippen LogP contribution in [0.25, 0.3) is 27.0 Å². The van der Waals surface area contributed by atoms with Crippen LogP contribution in [0.2, 0.25) is 0 Å². The Hall–Kier alpha value is -4.61. The largest absolute Gasteiger partial charge is 0.459 e. The van der Waals surface area contributed by atoms with E-state index in [1.165, 1.54) is 17.8 Å². The number of nitrogens with two attached hydrogens (primary N) is 1. The third-order valence-electron chi connectivity index (χ3n) is 6.36. The Bertz CT molecular complexity index is 1910. The number of pyridine rings is 1. The second-order valence-corrected chi connectivity index (χ2v) is 10.1. The van der Waals surface area contributed by atoms with Crippen molar-refractivity contribution in [3.8, 4) is 11.1 Å². The van der Waals surface area contributed by atoms with Crippen molar-refractivity contribution in [2.75, 3.05) is 5.32 Å². The summed E-state index contributed by atoms with van der Waals surface area (Å²) < 4.78 is 97.2. The number of rotatable bonds is 6. The van der Waals surface area contributed by atoms with E-state index in [4.69, 9.17) is 5.73 Å². The lowest BCUT2D eigenvalue weighted by Crippen LogP contribution is -2.36. The highest BCUT2D eigenvalue weighted by atomic mass is 32.1. The monoisotopic (exact) mass is 614 g/mol. The summed E-state index contributed by atoms with van der Waals surface area (Å²) in [7, 11) is 1.60. The van der Waals surface area contributed by atoms with Crippen molar-refractivity contribution in [1.29, 1.82) is 0 Å². The predicted molar refractivity (Wildman–Crippen MR) is 136 cm³/mol. The van der Waals surface area contributed by atoms with E-state index in [1.54, 1.807) is 14.0 Å². The summed E-state index contributed by atoms with van der Waals surface area (Å²) in [5.41, 5.74) is 2.75. The number of halogens is 7. The number of nitrogens with one attached hydrogen (secondary N) is 1. The molecule has 42 heavy (non-hydrogen) atoms. The summed E-state index contributed by atoms with van der Waals surface area (Å²) in [4.78, 5) is 33.1. The zero-order valence-electron chi connectivity index (χ0n) is 21.5. The molecule has 0 fully saturated rings. The number of hydrogen-bond acceptors (Lipinski definition) is 7. The first kappa shape index (κ1) is 28.9. The summed E-state index contributed by atoms with van der Waals surface area (Å²) in [6, 6.07) is 2.42. The number of carbonyl (C=O) groups excluding carboxylic acids is 2. The lowest BCUT2D eigenvalue weighted by atomic mass is 10.0. The van der Waals surface area contributed by atoms with Gasteiger partial charge in [-0.25, -0.2) is 23.3 Å². The molecule has 5 aromatic rings. The van der Waals surface area contributed by atoms with Crippen molar-refractivity contribution in [3.63, 3.8) is 0 Å². The maximum absolute atomic E-state index is 14.3. The Morgan fingerprint density at radius 3 is 2.31 bits per heavy atom. The topological polar surface area (TPSA) is 133 Å². The zero-order chi connectivity index (χ0) is 30.9. The first-order chi connectivity index (χ1) is 19.5. The third-order valence-corrected chi connectivity index (χ3v) is 7.46. The van der Waals surface area contributed by atoms with Crippen LogP contribution < -0.4 is 11.1 Å². The summed E-state index contributed by atoms with van der Waals surface area (Å²) in [5, 5.41) is 10.2. The summed E-state index contributed by atoms with van der Waals surface area (Å²) in [6.07, 6.45) is -7.59. The second-order valence-electron chi connectivity index (χ2n) is 9.12. The number of anilines is 1. The number of primary amides is 1. The van der Waals surface area contributed by atoms with Gasteiger partial charge in [0.1, 0.15) is 21.1 Å². The van der Waals surface area contributed by atoms with Crippen molar-refractivity contribution >= 4 is 44.7 Å². The molecule has 5 heterocycles. The smallest absolute Gasteiger partial charge is 0.365 e. The van der Waals surface area contributed by atoms with Gasteiger partial charge in [0.05, 0.1) is 11.9 Å². The second kappa shape index (κ2) is 9.74. The Morgan fingerprint density at radius 2 is 1.74 bits per heavy atom. The number of nitrogens with zero attached hydrogens (tertiary/aromatic N) is 6. The first-order valence-corrected chi connectivity index (χ1v) is 12.5. The number of fused-ring (bicyclic) bond motifs is 2. The summed E-state index contributed by atoms with van der Waals surface area (Å²) in [6.45, 7) is 2.83. The van der Waals surface area contributed by atoms with Gasteiger partial charge in [-0.2, -0.15) is 32.1 Å². The van der Waals surface area contributed by atoms with Crippen LogP contribution in [0.4, 0.5) is 36.4 Å². The molecule has 0 spiro atoms. The molecule has 18 heteroatoms. The number of aromatic nitrogens is 6. The van der Waals surface area contributed by atoms with Gasteiger partial charge < -0.3 is 11.1 Å². The van der Waals surface area contributed by atoms with Crippen molar-refractivity contribution in [2.24, 2.45) is 12.8 Å². The van der Waals surface area contributed by atoms with E-state index in [0.29, 0.717) is 28.7 Å². The first-order valence-electron chi connectivity index (χ1n) is 11.7. The highest BCUT2D eigenvalue weighted by Gasteiger charge is 2.60. The maximum Gasteiger partial charge on any atom is 0.459 e. The SMILES string of the molecule is Cc1cc(C(F)(F)C(F)(F)F)n2nc(C(=O)Nc3c(C(N)=O)sc4nc(C(F)F)cc(-c5cnn(C)c5C)c34)cc2n1. The molecule has 0 aromatic carbocycles. The Labute approximate surface area is 234 Å². The van der Waals surface area contributed by atoms with E-state index in [0.717, 1.165) is 12.1 Å². The van der Waals surface area contributed by atoms with Crippen molar-refractivity contribution in [3.05, 3.63) is 57.7 Å². The van der Waals surface area contributed by atoms with E-state index >= 15 is 0 Å². The summed E-state index contributed by atoms with van der Waals surface area (Å²) >= 11 is 0.615. The van der Waals surface area contributed by atoms with E-state index in [9.17, 15) is 40.3 Å². The van der Waals surface area contributed by atoms with Gasteiger partial charge in [0.25, 0.3) is 18.2 Å². The Morgan fingerprint density at radius 1 is 1.05 bits per heavy atom. The average molecular weight is 615 g/mol. The van der Waals surface area contributed by atoms with Crippen LogP contribution in [0, 0.1) is 13.8 Å². The van der Waals surface area contributed by atoms with Gasteiger partial charge in [-0.3, -0.25) is 14.3 Å². The van der Waals surface area contributed by atoms with Crippen LogP contribution in [-0.4, -0.2) is 47.4 Å². The Kier molecular flexibility index (Phi) is 6.71. The minimum atomic E-state index is -5.97. The van der Waals surface area contributed by atoms with Gasteiger partial charge in [-0.15, -0.1) is 11.3 Å². The molecule has 0 atom stereocenters. The number of aryl methyl sites for hydroxylation is 2. The van der Waals surface area contributed by atoms with Gasteiger partial charge in [0.2, 0.25) is 0 Å². The number of hydrogen-bond donors (Lipinski definition) is 2. The summed E-state index contributed by atoms with van der Waals surface area (Å²) in [5.74, 6) is -7.54. The molecule has 220 valence electrons. The van der Waals surface area contributed by atoms with Gasteiger partial charge in [-0.1, -0.05) is 0 Å². The quantitative estimate of drug-likeness (QED) is 0.250. The number of thiophene rings is 1. The molecule has 3 N–H and O–H groups in total. The van der Waals surface area contributed by atoms with Crippen molar-refractivity contribution in [1.82, 2.24) is 29.4 Å². The highest BCUT2D eigenvalue weighted by molar-refractivity contribution is 7.21. The van der Waals surface area contributed by atoms with Crippen LogP contribution in [0.1, 0.15) is 49.4 Å². The minimum absolute atomic E-state index is 0.0460. The number of carbonyl (C=O) groups is 2. The number of amides is 2. The molecular weight excluding hydrogens is 597 g/mol. The van der Waals surface area contributed by atoms with Gasteiger partial charge in [-0.05, 0) is 31.5 Å². The molecule has 0 aliphatic carbocycles. The lowest BCUT2D eigenvalue weighted by molar-refractivity contribution is -0.291. The molecule has 0 bridgehead atoms. The molecule has 2 amide bonds. The van der Waals surface area contributed by atoms with E-state index < -0.39 is 53.1 Å². The van der Waals surface area contributed by atoms with Crippen LogP contribution in [0.15, 0.2) is 24.4 Å². The molecule has 0 saturated carbocycles. The van der Waals surface area contributed by atoms with E-state index in [1.807, 2.05) is 0 Å². The molecular formula is C24H17F7N8O2S. The zero-order valence-corrected chi connectivity index (χ0v) is 22.3. The number of alkyl halides is 7. The third kappa shape index (κ3) is 4.60. The molecule has 10 nitrogen and oxygen atoms in total. The molecule has 5 rings (SSSR count). The van der Waals surface area contributed by atoms with Crippen LogP contribution >= 0.6 is 11.3 Å². The predicted octanol–water partition coefficient (Wildman–Crippen LogP) is 5.30. The van der Waals surface area contributed by atoms with Gasteiger partial charge in [0, 0.05) is 35.5 Å². The standard InChI is InChI=1S/C24H17F7N8O2S/c1-8-4-14(23(27,28)24(29,30)31)39-15(34-8)6-13(37-39)21(41)36-17-16-10(11-7-33-38(3)9(11)2)5-12(19(25)26)35-22(16)42-18(17)20(32)40/h4-7,19H,1-3H3,(H2,32,40)(H,36,41). The fraction of sp³-hybridized carbons (Fsp3) is 0.250. The van der Waals surface area contributed by atoms with Gasteiger partial charge in [0.15, 0.2) is 11.3 Å². The molecule has 0 unspecified atom stereocenters. The van der Waals surface area contributed by atoms with Crippen LogP contribution in [0.3, 0.4) is 0 Å². The average Bonchev–Trinajstić information content (AvgIpc) is 3.58. The van der Waals surface area contributed by atoms with E-state index in [2.05, 4.69) is 25.5 Å². The fourth-order valence-electron chi connectivity index (χ4n) is 4.25. The molecule has 0 aliphatic rings. The molecule has 0 aliphatic heterocycles. The Balaban J connectivity index is 1.69. The van der Waals surface area contributed by atoms with Crippen LogP contribution in [0.5, 0.6) is 0 Å². The molecule has 0 radical (unpaired) electrons. The van der Waals surface area contributed by atoms with E-state index in [-0.39, 0.29) is 36.6 Å². The fourth-order valence-corrected chi connectivity index (χ4v) is 5.27. The lowest BCUT2D eigenvalue weighted by Gasteiger charge is -2.20. The van der Waals surface area contributed by atoms with Crippen molar-refractivity contribution < 1.29 is 40.3 Å². The van der Waals surface area contributed by atoms with Crippen LogP contribution in [-0.2, 0) is 13.0 Å². The minimum Gasteiger partial charge on any atom is -0.365 e. The maximum atomic E-state index is 14.3. The molecule has 0 saturated heterocycles. The van der Waals surface area contributed by atoms with Gasteiger partial charge >= 0.3 is 12.1 Å². The molecule has 5 aromatic heterocycles. The van der Waals surface area contributed by atoms with Crippen molar-refractivity contribution in [2.45, 2.75) is 32.4 Å². The normalized spacial score (nSPS) is 12.5. The highest BCUT2D eigenvalue weighted by Crippen LogP contribution is 2.45.